The average Bonchev–Trinajstić information content (AvgIpc) is 3.13. The SMILES string of the molecule is O=C(CSC1=N/C(=C/c2cccnc2)C(=O)N1c1ccccc1)NCc1ccccc1. The maximum atomic E-state index is 13.1. The molecule has 0 saturated carbocycles. The lowest BCUT2D eigenvalue weighted by molar-refractivity contribution is -0.118. The van der Waals surface area contributed by atoms with Crippen molar-refractivity contribution in [2.24, 2.45) is 4.99 Å². The van der Waals surface area contributed by atoms with Crippen molar-refractivity contribution < 1.29 is 9.59 Å². The summed E-state index contributed by atoms with van der Waals surface area (Å²) in [5, 5.41) is 3.37. The van der Waals surface area contributed by atoms with Gasteiger partial charge in [0.1, 0.15) is 5.70 Å². The van der Waals surface area contributed by atoms with E-state index in [2.05, 4.69) is 15.3 Å². The minimum absolute atomic E-state index is 0.123. The number of aliphatic imine (C=N–C) groups is 1. The van der Waals surface area contributed by atoms with E-state index in [1.807, 2.05) is 66.7 Å². The first-order chi connectivity index (χ1) is 15.2. The predicted octanol–water partition coefficient (Wildman–Crippen LogP) is 3.87. The van der Waals surface area contributed by atoms with Crippen LogP contribution in [0.15, 0.2) is 95.9 Å². The molecule has 1 aliphatic heterocycles. The molecule has 0 radical (unpaired) electrons. The number of thioether (sulfide) groups is 1. The molecule has 3 aromatic rings. The molecule has 4 rings (SSSR count). The Morgan fingerprint density at radius 3 is 2.45 bits per heavy atom. The minimum Gasteiger partial charge on any atom is -0.351 e. The number of benzene rings is 2. The number of hydrogen-bond donors (Lipinski definition) is 1. The zero-order valence-electron chi connectivity index (χ0n) is 16.6. The molecule has 31 heavy (non-hydrogen) atoms. The molecule has 1 aromatic heterocycles. The topological polar surface area (TPSA) is 74.7 Å². The van der Waals surface area contributed by atoms with Crippen LogP contribution in [0.25, 0.3) is 6.08 Å². The van der Waals surface area contributed by atoms with Crippen molar-refractivity contribution in [1.82, 2.24) is 10.3 Å². The molecule has 2 aromatic carbocycles. The molecule has 0 fully saturated rings. The van der Waals surface area contributed by atoms with Crippen molar-refractivity contribution in [2.45, 2.75) is 6.54 Å². The molecule has 2 amide bonds. The van der Waals surface area contributed by atoms with Crippen LogP contribution in [0.4, 0.5) is 5.69 Å². The fourth-order valence-electron chi connectivity index (χ4n) is 2.99. The molecule has 154 valence electrons. The number of aromatic nitrogens is 1. The van der Waals surface area contributed by atoms with Crippen LogP contribution in [-0.2, 0) is 16.1 Å². The number of carbonyl (C=O) groups excluding carboxylic acids is 2. The first-order valence-corrected chi connectivity index (χ1v) is 10.7. The van der Waals surface area contributed by atoms with Crippen molar-refractivity contribution in [3.05, 3.63) is 102 Å². The second-order valence-electron chi connectivity index (χ2n) is 6.74. The van der Waals surface area contributed by atoms with Gasteiger partial charge in [-0.15, -0.1) is 0 Å². The van der Waals surface area contributed by atoms with Gasteiger partial charge >= 0.3 is 0 Å². The highest BCUT2D eigenvalue weighted by Crippen LogP contribution is 2.29. The number of nitrogens with zero attached hydrogens (tertiary/aromatic N) is 3. The maximum absolute atomic E-state index is 13.1. The van der Waals surface area contributed by atoms with E-state index in [4.69, 9.17) is 0 Å². The Balaban J connectivity index is 1.49. The van der Waals surface area contributed by atoms with Gasteiger partial charge in [-0.2, -0.15) is 0 Å². The molecule has 0 bridgehead atoms. The standard InChI is InChI=1S/C24H20N4O2S/c29-22(26-16-18-8-3-1-4-9-18)17-31-24-27-21(14-19-10-7-13-25-15-19)23(30)28(24)20-11-5-2-6-12-20/h1-15H,16-17H2,(H,26,29)/b21-14+. The molecule has 1 aliphatic rings. The summed E-state index contributed by atoms with van der Waals surface area (Å²) in [6, 6.07) is 22.7. The van der Waals surface area contributed by atoms with Crippen molar-refractivity contribution >= 4 is 40.5 Å². The number of para-hydroxylation sites is 1. The lowest BCUT2D eigenvalue weighted by Gasteiger charge is -2.17. The van der Waals surface area contributed by atoms with Crippen molar-refractivity contribution in [3.63, 3.8) is 0 Å². The number of pyridine rings is 1. The van der Waals surface area contributed by atoms with E-state index in [9.17, 15) is 9.59 Å². The fraction of sp³-hybridized carbons (Fsp3) is 0.0833. The molecular formula is C24H20N4O2S. The molecule has 7 heteroatoms. The molecule has 0 spiro atoms. The Labute approximate surface area is 184 Å². The number of hydrogen-bond acceptors (Lipinski definition) is 5. The van der Waals surface area contributed by atoms with E-state index >= 15 is 0 Å². The molecule has 0 saturated heterocycles. The van der Waals surface area contributed by atoms with E-state index in [-0.39, 0.29) is 17.6 Å². The van der Waals surface area contributed by atoms with Crippen molar-refractivity contribution in [1.29, 1.82) is 0 Å². The zero-order chi connectivity index (χ0) is 21.5. The second-order valence-corrected chi connectivity index (χ2v) is 7.68. The van der Waals surface area contributed by atoms with Crippen LogP contribution in [0.5, 0.6) is 0 Å². The number of nitrogens with one attached hydrogen (secondary N) is 1. The van der Waals surface area contributed by atoms with E-state index in [1.165, 1.54) is 16.7 Å². The highest BCUT2D eigenvalue weighted by Gasteiger charge is 2.32. The second kappa shape index (κ2) is 9.86. The van der Waals surface area contributed by atoms with Crippen LogP contribution in [0.3, 0.4) is 0 Å². The third-order valence-electron chi connectivity index (χ3n) is 4.50. The normalized spacial score (nSPS) is 14.6. The average molecular weight is 429 g/mol. The van der Waals surface area contributed by atoms with Gasteiger partial charge in [0.25, 0.3) is 5.91 Å². The third kappa shape index (κ3) is 5.26. The van der Waals surface area contributed by atoms with Crippen LogP contribution in [0, 0.1) is 0 Å². The highest BCUT2D eigenvalue weighted by molar-refractivity contribution is 8.14. The fourth-order valence-corrected chi connectivity index (χ4v) is 3.84. The summed E-state index contributed by atoms with van der Waals surface area (Å²) >= 11 is 1.23. The Morgan fingerprint density at radius 2 is 1.74 bits per heavy atom. The van der Waals surface area contributed by atoms with Gasteiger partial charge in [-0.05, 0) is 35.4 Å². The smallest absolute Gasteiger partial charge is 0.283 e. The summed E-state index contributed by atoms with van der Waals surface area (Å²) in [6.45, 7) is 0.459. The molecule has 0 aliphatic carbocycles. The van der Waals surface area contributed by atoms with Crippen LogP contribution in [0.1, 0.15) is 11.1 Å². The quantitative estimate of drug-likeness (QED) is 0.605. The van der Waals surface area contributed by atoms with Gasteiger partial charge in [0, 0.05) is 18.9 Å². The highest BCUT2D eigenvalue weighted by atomic mass is 32.2. The Bertz CT molecular complexity index is 1120. The maximum Gasteiger partial charge on any atom is 0.283 e. The van der Waals surface area contributed by atoms with Gasteiger partial charge in [0.05, 0.1) is 11.4 Å². The van der Waals surface area contributed by atoms with Gasteiger partial charge in [0.2, 0.25) is 5.91 Å². The lowest BCUT2D eigenvalue weighted by Crippen LogP contribution is -2.32. The summed E-state index contributed by atoms with van der Waals surface area (Å²) in [7, 11) is 0. The summed E-state index contributed by atoms with van der Waals surface area (Å²) in [5.74, 6) is -0.202. The molecule has 0 unspecified atom stereocenters. The van der Waals surface area contributed by atoms with Crippen LogP contribution in [-0.4, -0.2) is 27.7 Å². The molecule has 0 atom stereocenters. The van der Waals surface area contributed by atoms with Crippen LogP contribution < -0.4 is 10.2 Å². The number of amidine groups is 1. The summed E-state index contributed by atoms with van der Waals surface area (Å²) in [5.41, 5.74) is 2.83. The third-order valence-corrected chi connectivity index (χ3v) is 5.44. The molecule has 1 N–H and O–H groups in total. The van der Waals surface area contributed by atoms with Gasteiger partial charge in [-0.3, -0.25) is 19.5 Å². The van der Waals surface area contributed by atoms with Gasteiger partial charge < -0.3 is 5.32 Å². The van der Waals surface area contributed by atoms with E-state index < -0.39 is 0 Å². The van der Waals surface area contributed by atoms with E-state index in [0.717, 1.165) is 11.1 Å². The first-order valence-electron chi connectivity index (χ1n) is 9.74. The van der Waals surface area contributed by atoms with Crippen LogP contribution in [0.2, 0.25) is 0 Å². The number of rotatable bonds is 6. The van der Waals surface area contributed by atoms with Crippen molar-refractivity contribution in [2.75, 3.05) is 10.7 Å². The summed E-state index contributed by atoms with van der Waals surface area (Å²) in [6.07, 6.45) is 5.05. The number of anilines is 1. The van der Waals surface area contributed by atoms with E-state index in [1.54, 1.807) is 24.5 Å². The predicted molar refractivity (Wildman–Crippen MR) is 124 cm³/mol. The van der Waals surface area contributed by atoms with Gasteiger partial charge in [0.15, 0.2) is 5.17 Å². The lowest BCUT2D eigenvalue weighted by atomic mass is 10.2. The Morgan fingerprint density at radius 1 is 1.00 bits per heavy atom. The largest absolute Gasteiger partial charge is 0.351 e. The number of amides is 2. The van der Waals surface area contributed by atoms with E-state index in [0.29, 0.717) is 23.1 Å². The van der Waals surface area contributed by atoms with Crippen molar-refractivity contribution in [3.8, 4) is 0 Å². The zero-order valence-corrected chi connectivity index (χ0v) is 17.5. The minimum atomic E-state index is -0.234. The van der Waals surface area contributed by atoms with Crippen LogP contribution >= 0.6 is 11.8 Å². The molecule has 6 nitrogen and oxygen atoms in total. The van der Waals surface area contributed by atoms with Gasteiger partial charge in [-0.1, -0.05) is 66.4 Å². The first kappa shape index (κ1) is 20.6. The molecular weight excluding hydrogens is 408 g/mol. The number of carbonyl (C=O) groups is 2. The monoisotopic (exact) mass is 428 g/mol. The summed E-state index contributed by atoms with van der Waals surface area (Å²) in [4.78, 5) is 35.6. The Kier molecular flexibility index (Phi) is 6.54. The Hall–Kier alpha value is -3.71. The molecule has 2 heterocycles. The van der Waals surface area contributed by atoms with Gasteiger partial charge in [-0.25, -0.2) is 4.99 Å². The summed E-state index contributed by atoms with van der Waals surface area (Å²) < 4.78 is 0.